The predicted molar refractivity (Wildman–Crippen MR) is 95.9 cm³/mol. The van der Waals surface area contributed by atoms with E-state index < -0.39 is 0 Å². The maximum atomic E-state index is 12.5. The molecule has 3 aliphatic rings. The number of nitrogens with zero attached hydrogens (tertiary/aromatic N) is 1. The van der Waals surface area contributed by atoms with Crippen LogP contribution in [-0.4, -0.2) is 42.6 Å². The quantitative estimate of drug-likeness (QED) is 0.909. The summed E-state index contributed by atoms with van der Waals surface area (Å²) in [5, 5.41) is 5.15. The van der Waals surface area contributed by atoms with Gasteiger partial charge in [-0.1, -0.05) is 18.9 Å². The van der Waals surface area contributed by atoms with Crippen LogP contribution in [0, 0.1) is 11.8 Å². The van der Waals surface area contributed by atoms with E-state index >= 15 is 0 Å². The molecule has 1 amide bonds. The number of ether oxygens (including phenoxy) is 1. The molecule has 0 unspecified atom stereocenters. The Balaban J connectivity index is 1.30. The molecule has 0 spiro atoms. The standard InChI is InChI=1S/C19H28N2O2S/c22-19(20-11-17-6-3-9-24-17)15-10-14-12-21(16-4-1-2-5-16)8-7-18(14)23-13-15/h3,6,9,14-16,18H,1-2,4-5,7-8,10-13H2,(H,20,22)/t14-,15-,18+/m1/s1. The second-order valence-corrected chi connectivity index (χ2v) is 8.62. The normalized spacial score (nSPS) is 31.8. The van der Waals surface area contributed by atoms with Gasteiger partial charge >= 0.3 is 0 Å². The van der Waals surface area contributed by atoms with Crippen molar-refractivity contribution in [2.45, 2.75) is 57.2 Å². The minimum atomic E-state index is 0.0229. The zero-order chi connectivity index (χ0) is 16.4. The summed E-state index contributed by atoms with van der Waals surface area (Å²) in [4.78, 5) is 16.4. The molecule has 1 aliphatic carbocycles. The molecule has 2 aliphatic heterocycles. The first-order valence-corrected chi connectivity index (χ1v) is 10.3. The number of carbonyl (C=O) groups is 1. The van der Waals surface area contributed by atoms with Crippen molar-refractivity contribution >= 4 is 17.2 Å². The Kier molecular flexibility index (Phi) is 5.20. The molecule has 3 atom stereocenters. The number of piperidine rings is 1. The Morgan fingerprint density at radius 2 is 2.21 bits per heavy atom. The molecule has 5 heteroatoms. The average molecular weight is 349 g/mol. The molecule has 4 nitrogen and oxygen atoms in total. The van der Waals surface area contributed by atoms with Crippen molar-refractivity contribution < 1.29 is 9.53 Å². The van der Waals surface area contributed by atoms with Crippen LogP contribution < -0.4 is 5.32 Å². The largest absolute Gasteiger partial charge is 0.377 e. The van der Waals surface area contributed by atoms with Crippen LogP contribution in [0.25, 0.3) is 0 Å². The first-order chi connectivity index (χ1) is 11.8. The molecule has 0 bridgehead atoms. The van der Waals surface area contributed by atoms with E-state index in [0.717, 1.165) is 25.4 Å². The van der Waals surface area contributed by atoms with Gasteiger partial charge in [0.25, 0.3) is 0 Å². The van der Waals surface area contributed by atoms with Crippen molar-refractivity contribution in [1.29, 1.82) is 0 Å². The molecule has 1 N–H and O–H groups in total. The Bertz CT molecular complexity index is 542. The van der Waals surface area contributed by atoms with Gasteiger partial charge in [-0.15, -0.1) is 11.3 Å². The van der Waals surface area contributed by atoms with E-state index in [1.54, 1.807) is 11.3 Å². The molecular weight excluding hydrogens is 320 g/mol. The third-order valence-electron chi connectivity index (χ3n) is 6.02. The zero-order valence-electron chi connectivity index (χ0n) is 14.3. The van der Waals surface area contributed by atoms with Crippen molar-refractivity contribution in [2.75, 3.05) is 19.7 Å². The summed E-state index contributed by atoms with van der Waals surface area (Å²) in [5.41, 5.74) is 0. The van der Waals surface area contributed by atoms with Crippen LogP contribution in [0.1, 0.15) is 43.4 Å². The number of fused-ring (bicyclic) bond motifs is 1. The third-order valence-corrected chi connectivity index (χ3v) is 6.90. The average Bonchev–Trinajstić information content (AvgIpc) is 3.32. The maximum absolute atomic E-state index is 12.5. The van der Waals surface area contributed by atoms with Gasteiger partial charge in [0.2, 0.25) is 5.91 Å². The minimum absolute atomic E-state index is 0.0229. The highest BCUT2D eigenvalue weighted by atomic mass is 32.1. The van der Waals surface area contributed by atoms with Crippen molar-refractivity contribution in [3.05, 3.63) is 22.4 Å². The molecule has 1 saturated carbocycles. The predicted octanol–water partition coefficient (Wildman–Crippen LogP) is 3.03. The van der Waals surface area contributed by atoms with Crippen molar-refractivity contribution in [3.8, 4) is 0 Å². The zero-order valence-corrected chi connectivity index (χ0v) is 15.1. The van der Waals surface area contributed by atoms with E-state index in [0.29, 0.717) is 25.2 Å². The summed E-state index contributed by atoms with van der Waals surface area (Å²) in [6, 6.07) is 4.89. The molecule has 1 aromatic rings. The van der Waals surface area contributed by atoms with E-state index in [-0.39, 0.29) is 11.8 Å². The number of amides is 1. The van der Waals surface area contributed by atoms with Crippen LogP contribution in [-0.2, 0) is 16.1 Å². The number of carbonyl (C=O) groups excluding carboxylic acids is 1. The van der Waals surface area contributed by atoms with Gasteiger partial charge in [-0.05, 0) is 43.0 Å². The second-order valence-electron chi connectivity index (χ2n) is 7.58. The van der Waals surface area contributed by atoms with Crippen LogP contribution in [0.5, 0.6) is 0 Å². The lowest BCUT2D eigenvalue weighted by atomic mass is 9.82. The summed E-state index contributed by atoms with van der Waals surface area (Å²) in [6.45, 7) is 3.56. The smallest absolute Gasteiger partial charge is 0.225 e. The lowest BCUT2D eigenvalue weighted by Crippen LogP contribution is -2.52. The van der Waals surface area contributed by atoms with Gasteiger partial charge in [-0.2, -0.15) is 0 Å². The summed E-state index contributed by atoms with van der Waals surface area (Å²) in [6.07, 6.45) is 8.02. The van der Waals surface area contributed by atoms with Crippen LogP contribution >= 0.6 is 11.3 Å². The van der Waals surface area contributed by atoms with E-state index in [2.05, 4.69) is 21.7 Å². The maximum Gasteiger partial charge on any atom is 0.225 e. The third kappa shape index (κ3) is 3.68. The molecule has 4 rings (SSSR count). The van der Waals surface area contributed by atoms with Gasteiger partial charge in [-0.3, -0.25) is 9.69 Å². The summed E-state index contributed by atoms with van der Waals surface area (Å²) >= 11 is 1.69. The van der Waals surface area contributed by atoms with Gasteiger partial charge in [0, 0.05) is 24.0 Å². The molecule has 1 aromatic heterocycles. The molecule has 3 fully saturated rings. The van der Waals surface area contributed by atoms with Crippen LogP contribution in [0.3, 0.4) is 0 Å². The van der Waals surface area contributed by atoms with Crippen LogP contribution in [0.4, 0.5) is 0 Å². The minimum Gasteiger partial charge on any atom is -0.377 e. The fourth-order valence-electron chi connectivity index (χ4n) is 4.67. The van der Waals surface area contributed by atoms with Gasteiger partial charge in [0.15, 0.2) is 0 Å². The van der Waals surface area contributed by atoms with Crippen LogP contribution in [0.2, 0.25) is 0 Å². The van der Waals surface area contributed by atoms with Crippen molar-refractivity contribution in [3.63, 3.8) is 0 Å². The molecule has 24 heavy (non-hydrogen) atoms. The van der Waals surface area contributed by atoms with Gasteiger partial charge in [0.1, 0.15) is 0 Å². The van der Waals surface area contributed by atoms with Gasteiger partial charge in [0.05, 0.1) is 25.2 Å². The fourth-order valence-corrected chi connectivity index (χ4v) is 5.32. The Hall–Kier alpha value is -0.910. The van der Waals surface area contributed by atoms with E-state index in [9.17, 15) is 4.79 Å². The molecule has 0 radical (unpaired) electrons. The van der Waals surface area contributed by atoms with E-state index in [1.807, 2.05) is 6.07 Å². The highest BCUT2D eigenvalue weighted by molar-refractivity contribution is 7.09. The number of hydrogen-bond donors (Lipinski definition) is 1. The van der Waals surface area contributed by atoms with Crippen molar-refractivity contribution in [2.24, 2.45) is 11.8 Å². The monoisotopic (exact) mass is 348 g/mol. The topological polar surface area (TPSA) is 41.6 Å². The molecule has 2 saturated heterocycles. The second kappa shape index (κ2) is 7.54. The first kappa shape index (κ1) is 16.6. The SMILES string of the molecule is O=C(NCc1cccs1)[C@H]1CO[C@H]2CCN(C3CCCC3)C[C@H]2C1. The Morgan fingerprint density at radius 1 is 1.33 bits per heavy atom. The Morgan fingerprint density at radius 3 is 3.00 bits per heavy atom. The fraction of sp³-hybridized carbons (Fsp3) is 0.737. The molecule has 0 aromatic carbocycles. The van der Waals surface area contributed by atoms with Gasteiger partial charge in [-0.25, -0.2) is 0 Å². The number of likely N-dealkylation sites (tertiary alicyclic amines) is 1. The highest BCUT2D eigenvalue weighted by Gasteiger charge is 2.39. The molecule has 3 heterocycles. The van der Waals surface area contributed by atoms with Crippen LogP contribution in [0.15, 0.2) is 17.5 Å². The highest BCUT2D eigenvalue weighted by Crippen LogP contribution is 2.34. The van der Waals surface area contributed by atoms with E-state index in [1.165, 1.54) is 37.1 Å². The van der Waals surface area contributed by atoms with Crippen molar-refractivity contribution in [1.82, 2.24) is 10.2 Å². The lowest BCUT2D eigenvalue weighted by Gasteiger charge is -2.45. The summed E-state index contributed by atoms with van der Waals surface area (Å²) < 4.78 is 6.08. The number of hydrogen-bond acceptors (Lipinski definition) is 4. The lowest BCUT2D eigenvalue weighted by molar-refractivity contribution is -0.140. The number of nitrogens with one attached hydrogen (secondary N) is 1. The van der Waals surface area contributed by atoms with E-state index in [4.69, 9.17) is 4.74 Å². The number of rotatable bonds is 4. The van der Waals surface area contributed by atoms with Gasteiger partial charge < -0.3 is 10.1 Å². The molecular formula is C19H28N2O2S. The summed E-state index contributed by atoms with van der Waals surface area (Å²) in [7, 11) is 0. The molecule has 132 valence electrons. The summed E-state index contributed by atoms with van der Waals surface area (Å²) in [5.74, 6) is 0.722. The Labute approximate surface area is 148 Å². The number of thiophene rings is 1. The first-order valence-electron chi connectivity index (χ1n) is 9.45.